The molecule has 0 aliphatic heterocycles. The minimum atomic E-state index is -1.00. The molecule has 5 aromatic carbocycles. The topological polar surface area (TPSA) is 71.3 Å². The molecule has 0 unspecified atom stereocenters. The molecule has 0 fully saturated rings. The van der Waals surface area contributed by atoms with E-state index in [1.807, 2.05) is 55.6 Å². The van der Waals surface area contributed by atoms with Gasteiger partial charge in [-0.1, -0.05) is 72.8 Å². The summed E-state index contributed by atoms with van der Waals surface area (Å²) in [6.07, 6.45) is 1.99. The Bertz CT molecular complexity index is 1930. The van der Waals surface area contributed by atoms with Crippen molar-refractivity contribution in [2.45, 2.75) is 19.5 Å². The first-order valence-corrected chi connectivity index (χ1v) is 14.0. The fourth-order valence-electron chi connectivity index (χ4n) is 5.41. The molecule has 1 aromatic heterocycles. The van der Waals surface area contributed by atoms with Gasteiger partial charge in [-0.3, -0.25) is 4.79 Å². The predicted octanol–water partition coefficient (Wildman–Crippen LogP) is 8.35. The Morgan fingerprint density at radius 3 is 2.19 bits per heavy atom. The van der Waals surface area contributed by atoms with E-state index < -0.39 is 5.97 Å². The molecule has 6 heteroatoms. The van der Waals surface area contributed by atoms with Crippen LogP contribution in [-0.2, 0) is 6.54 Å². The number of fused-ring (bicyclic) bond motifs is 1. The molecular weight excluding hydrogens is 539 g/mol. The van der Waals surface area contributed by atoms with Crippen molar-refractivity contribution in [3.8, 4) is 22.3 Å². The smallest absolute Gasteiger partial charge is 0.335 e. The molecule has 1 atom stereocenters. The molecule has 1 heterocycles. The van der Waals surface area contributed by atoms with Gasteiger partial charge in [0.1, 0.15) is 5.82 Å². The lowest BCUT2D eigenvalue weighted by Gasteiger charge is -2.17. The fraction of sp³-hybridized carbons (Fsp3) is 0.0811. The standard InChI is InChI=1S/C37H29FN2O3/c1-24(26-10-12-29(13-11-26)37(42)43)39-36(41)34-22-32(28-14-16-33(38)17-15-28)21-31-18-19-40(35(31)34)23-25-6-5-9-30(20-25)27-7-3-2-4-8-27/h2-22,24H,23H2,1H3,(H,39,41)(H,42,43)/t24-/m0/s1. The van der Waals surface area contributed by atoms with Crippen molar-refractivity contribution in [2.24, 2.45) is 0 Å². The van der Waals surface area contributed by atoms with E-state index in [-0.39, 0.29) is 23.3 Å². The van der Waals surface area contributed by atoms with Crippen molar-refractivity contribution in [2.75, 3.05) is 0 Å². The van der Waals surface area contributed by atoms with E-state index in [2.05, 4.69) is 40.2 Å². The maximum absolute atomic E-state index is 13.9. The average Bonchev–Trinajstić information content (AvgIpc) is 3.43. The van der Waals surface area contributed by atoms with E-state index >= 15 is 0 Å². The SMILES string of the molecule is C[C@H](NC(=O)c1cc(-c2ccc(F)cc2)cc2ccn(Cc3cccc(-c4ccccc4)c3)c12)c1ccc(C(=O)O)cc1. The summed E-state index contributed by atoms with van der Waals surface area (Å²) in [4.78, 5) is 25.2. The molecular formula is C37H29FN2O3. The van der Waals surface area contributed by atoms with Gasteiger partial charge in [0.05, 0.1) is 22.7 Å². The summed E-state index contributed by atoms with van der Waals surface area (Å²) >= 11 is 0. The third-order valence-electron chi connectivity index (χ3n) is 7.68. The Hall–Kier alpha value is -5.49. The van der Waals surface area contributed by atoms with Gasteiger partial charge in [0.2, 0.25) is 0 Å². The monoisotopic (exact) mass is 568 g/mol. The number of nitrogens with one attached hydrogen (secondary N) is 1. The van der Waals surface area contributed by atoms with Crippen LogP contribution in [0.1, 0.15) is 44.8 Å². The maximum atomic E-state index is 13.9. The molecule has 212 valence electrons. The van der Waals surface area contributed by atoms with Crippen LogP contribution >= 0.6 is 0 Å². The first-order chi connectivity index (χ1) is 20.9. The van der Waals surface area contributed by atoms with Crippen LogP contribution in [0.2, 0.25) is 0 Å². The second kappa shape index (κ2) is 11.8. The van der Waals surface area contributed by atoms with Crippen molar-refractivity contribution in [3.05, 3.63) is 156 Å². The Morgan fingerprint density at radius 2 is 1.47 bits per heavy atom. The summed E-state index contributed by atoms with van der Waals surface area (Å²) in [5.41, 5.74) is 7.22. The van der Waals surface area contributed by atoms with E-state index in [1.165, 1.54) is 24.3 Å². The van der Waals surface area contributed by atoms with Gasteiger partial charge in [0.15, 0.2) is 0 Å². The molecule has 2 N–H and O–H groups in total. The van der Waals surface area contributed by atoms with Crippen LogP contribution in [0.4, 0.5) is 4.39 Å². The summed E-state index contributed by atoms with van der Waals surface area (Å²) in [7, 11) is 0. The number of carboxylic acids is 1. The molecule has 0 aliphatic rings. The van der Waals surface area contributed by atoms with Gasteiger partial charge in [-0.2, -0.15) is 0 Å². The third kappa shape index (κ3) is 5.95. The summed E-state index contributed by atoms with van der Waals surface area (Å²) < 4.78 is 15.8. The number of carboxylic acid groups (broad SMARTS) is 1. The van der Waals surface area contributed by atoms with Crippen LogP contribution < -0.4 is 5.32 Å². The van der Waals surface area contributed by atoms with Gasteiger partial charge in [-0.15, -0.1) is 0 Å². The highest BCUT2D eigenvalue weighted by atomic mass is 19.1. The number of aromatic nitrogens is 1. The molecule has 0 saturated heterocycles. The summed E-state index contributed by atoms with van der Waals surface area (Å²) in [5, 5.41) is 13.2. The van der Waals surface area contributed by atoms with Gasteiger partial charge in [0.25, 0.3) is 5.91 Å². The molecule has 43 heavy (non-hydrogen) atoms. The number of aromatic carboxylic acids is 1. The molecule has 1 amide bonds. The van der Waals surface area contributed by atoms with Gasteiger partial charge in [-0.25, -0.2) is 9.18 Å². The van der Waals surface area contributed by atoms with Crippen molar-refractivity contribution in [1.82, 2.24) is 9.88 Å². The Morgan fingerprint density at radius 1 is 0.767 bits per heavy atom. The molecule has 6 rings (SSSR count). The van der Waals surface area contributed by atoms with E-state index in [9.17, 15) is 19.1 Å². The van der Waals surface area contributed by atoms with Crippen LogP contribution in [0, 0.1) is 5.82 Å². The Labute approximate surface area is 248 Å². The molecule has 0 bridgehead atoms. The number of hydrogen-bond donors (Lipinski definition) is 2. The molecule has 5 nitrogen and oxygen atoms in total. The summed E-state index contributed by atoms with van der Waals surface area (Å²) in [6, 6.07) is 36.8. The number of nitrogens with zero attached hydrogens (tertiary/aromatic N) is 1. The molecule has 0 aliphatic carbocycles. The zero-order chi connectivity index (χ0) is 29.9. The van der Waals surface area contributed by atoms with Gasteiger partial charge >= 0.3 is 5.97 Å². The highest BCUT2D eigenvalue weighted by Gasteiger charge is 2.19. The quantitative estimate of drug-likeness (QED) is 0.194. The highest BCUT2D eigenvalue weighted by molar-refractivity contribution is 6.08. The van der Waals surface area contributed by atoms with Crippen LogP contribution in [0.3, 0.4) is 0 Å². The van der Waals surface area contributed by atoms with Crippen molar-refractivity contribution >= 4 is 22.8 Å². The molecule has 0 saturated carbocycles. The van der Waals surface area contributed by atoms with Gasteiger partial charge in [-0.05, 0) is 88.8 Å². The number of halogens is 1. The lowest BCUT2D eigenvalue weighted by atomic mass is 9.99. The first-order valence-electron chi connectivity index (χ1n) is 14.0. The normalized spacial score (nSPS) is 11.8. The number of rotatable bonds is 8. The molecule has 0 radical (unpaired) electrons. The first kappa shape index (κ1) is 27.7. The summed E-state index contributed by atoms with van der Waals surface area (Å²) in [5.74, 6) is -1.59. The average molecular weight is 569 g/mol. The van der Waals surface area contributed by atoms with Crippen molar-refractivity contribution < 1.29 is 19.1 Å². The minimum absolute atomic E-state index is 0.185. The number of carbonyl (C=O) groups excluding carboxylic acids is 1. The van der Waals surface area contributed by atoms with E-state index in [1.54, 1.807) is 24.3 Å². The Balaban J connectivity index is 1.38. The van der Waals surface area contributed by atoms with E-state index in [4.69, 9.17) is 0 Å². The number of hydrogen-bond acceptors (Lipinski definition) is 2. The summed E-state index contributed by atoms with van der Waals surface area (Å²) in [6.45, 7) is 2.43. The second-order valence-electron chi connectivity index (χ2n) is 10.6. The van der Waals surface area contributed by atoms with Crippen molar-refractivity contribution in [3.63, 3.8) is 0 Å². The fourth-order valence-corrected chi connectivity index (χ4v) is 5.41. The zero-order valence-electron chi connectivity index (χ0n) is 23.5. The second-order valence-corrected chi connectivity index (χ2v) is 10.6. The van der Waals surface area contributed by atoms with E-state index in [0.717, 1.165) is 44.3 Å². The number of benzene rings is 5. The maximum Gasteiger partial charge on any atom is 0.335 e. The largest absolute Gasteiger partial charge is 0.478 e. The molecule has 6 aromatic rings. The van der Waals surface area contributed by atoms with Crippen LogP contribution in [0.15, 0.2) is 128 Å². The minimum Gasteiger partial charge on any atom is -0.478 e. The van der Waals surface area contributed by atoms with Gasteiger partial charge in [0, 0.05) is 18.1 Å². The molecule has 0 spiro atoms. The zero-order valence-corrected chi connectivity index (χ0v) is 23.5. The lowest BCUT2D eigenvalue weighted by molar-refractivity contribution is 0.0696. The predicted molar refractivity (Wildman–Crippen MR) is 168 cm³/mol. The van der Waals surface area contributed by atoms with Crippen LogP contribution in [0.25, 0.3) is 33.2 Å². The van der Waals surface area contributed by atoms with E-state index in [0.29, 0.717) is 12.1 Å². The van der Waals surface area contributed by atoms with Crippen molar-refractivity contribution in [1.29, 1.82) is 0 Å². The third-order valence-corrected chi connectivity index (χ3v) is 7.68. The lowest BCUT2D eigenvalue weighted by Crippen LogP contribution is -2.27. The highest BCUT2D eigenvalue weighted by Crippen LogP contribution is 2.31. The Kier molecular flexibility index (Phi) is 7.58. The number of carbonyl (C=O) groups is 2. The number of amides is 1. The van der Waals surface area contributed by atoms with Crippen LogP contribution in [-0.4, -0.2) is 21.6 Å². The van der Waals surface area contributed by atoms with Gasteiger partial charge < -0.3 is 15.0 Å². The van der Waals surface area contributed by atoms with Crippen LogP contribution in [0.5, 0.6) is 0 Å².